The highest BCUT2D eigenvalue weighted by Gasteiger charge is 2.35. The lowest BCUT2D eigenvalue weighted by molar-refractivity contribution is 0.402. The quantitative estimate of drug-likeness (QED) is 0.632. The smallest absolute Gasteiger partial charge is 0.215 e. The highest BCUT2D eigenvalue weighted by atomic mass is 32.2. The van der Waals surface area contributed by atoms with Gasteiger partial charge >= 0.3 is 0 Å². The van der Waals surface area contributed by atoms with Crippen LogP contribution in [0.4, 0.5) is 0 Å². The molecule has 1 aliphatic carbocycles. The molecular formula is C10H22N2O2S. The molecule has 1 rings (SSSR count). The van der Waals surface area contributed by atoms with Crippen molar-refractivity contribution >= 4 is 10.0 Å². The first kappa shape index (κ1) is 12.9. The van der Waals surface area contributed by atoms with E-state index in [4.69, 9.17) is 0 Å². The SMILES string of the molecule is CCCN(C1CC1)S(=O)(=O)CCNCC. The molecule has 90 valence electrons. The van der Waals surface area contributed by atoms with Gasteiger partial charge in [0.05, 0.1) is 5.75 Å². The van der Waals surface area contributed by atoms with Crippen molar-refractivity contribution in [2.24, 2.45) is 0 Å². The first-order valence-corrected chi connectivity index (χ1v) is 7.43. The monoisotopic (exact) mass is 234 g/mol. The van der Waals surface area contributed by atoms with Crippen molar-refractivity contribution in [2.75, 3.05) is 25.4 Å². The van der Waals surface area contributed by atoms with Crippen molar-refractivity contribution in [3.63, 3.8) is 0 Å². The zero-order valence-electron chi connectivity index (χ0n) is 9.70. The molecular weight excluding hydrogens is 212 g/mol. The molecule has 0 saturated heterocycles. The molecule has 0 atom stereocenters. The van der Waals surface area contributed by atoms with Crippen LogP contribution in [0.5, 0.6) is 0 Å². The van der Waals surface area contributed by atoms with E-state index in [0.717, 1.165) is 25.8 Å². The summed E-state index contributed by atoms with van der Waals surface area (Å²) in [4.78, 5) is 0. The molecule has 0 radical (unpaired) electrons. The second-order valence-corrected chi connectivity index (χ2v) is 6.05. The van der Waals surface area contributed by atoms with Gasteiger partial charge in [-0.3, -0.25) is 0 Å². The molecule has 1 saturated carbocycles. The maximum Gasteiger partial charge on any atom is 0.215 e. The first-order valence-electron chi connectivity index (χ1n) is 5.82. The lowest BCUT2D eigenvalue weighted by atomic mass is 10.5. The minimum Gasteiger partial charge on any atom is -0.316 e. The molecule has 0 aromatic rings. The number of rotatable bonds is 8. The van der Waals surface area contributed by atoms with Gasteiger partial charge in [-0.05, 0) is 25.8 Å². The van der Waals surface area contributed by atoms with Crippen LogP contribution in [0.15, 0.2) is 0 Å². The van der Waals surface area contributed by atoms with Gasteiger partial charge < -0.3 is 5.32 Å². The van der Waals surface area contributed by atoms with Crippen LogP contribution in [0, 0.1) is 0 Å². The molecule has 0 aliphatic heterocycles. The van der Waals surface area contributed by atoms with E-state index in [1.165, 1.54) is 0 Å². The Balaban J connectivity index is 2.48. The Morgan fingerprint density at radius 3 is 2.47 bits per heavy atom. The van der Waals surface area contributed by atoms with Crippen molar-refractivity contribution < 1.29 is 8.42 Å². The summed E-state index contributed by atoms with van der Waals surface area (Å²) >= 11 is 0. The van der Waals surface area contributed by atoms with E-state index in [0.29, 0.717) is 19.1 Å². The lowest BCUT2D eigenvalue weighted by Crippen LogP contribution is -2.38. The first-order chi connectivity index (χ1) is 7.11. The van der Waals surface area contributed by atoms with Gasteiger partial charge in [0.15, 0.2) is 0 Å². The van der Waals surface area contributed by atoms with Crippen LogP contribution in [0.25, 0.3) is 0 Å². The Morgan fingerprint density at radius 1 is 1.33 bits per heavy atom. The van der Waals surface area contributed by atoms with Crippen LogP contribution in [-0.2, 0) is 10.0 Å². The average molecular weight is 234 g/mol. The van der Waals surface area contributed by atoms with Crippen molar-refractivity contribution in [1.82, 2.24) is 9.62 Å². The summed E-state index contributed by atoms with van der Waals surface area (Å²) in [6, 6.07) is 0.302. The predicted octanol–water partition coefficient (Wildman–Crippen LogP) is 0.800. The molecule has 1 aliphatic rings. The average Bonchev–Trinajstić information content (AvgIpc) is 2.97. The Hall–Kier alpha value is -0.130. The van der Waals surface area contributed by atoms with Gasteiger partial charge in [-0.25, -0.2) is 8.42 Å². The van der Waals surface area contributed by atoms with Crippen molar-refractivity contribution in [2.45, 2.75) is 39.2 Å². The Labute approximate surface area is 93.1 Å². The molecule has 0 unspecified atom stereocenters. The van der Waals surface area contributed by atoms with E-state index in [-0.39, 0.29) is 5.75 Å². The maximum atomic E-state index is 12.0. The zero-order valence-corrected chi connectivity index (χ0v) is 10.5. The van der Waals surface area contributed by atoms with E-state index in [9.17, 15) is 8.42 Å². The normalized spacial score (nSPS) is 17.3. The minimum atomic E-state index is -3.02. The molecule has 1 N–H and O–H groups in total. The van der Waals surface area contributed by atoms with Gasteiger partial charge in [-0.2, -0.15) is 4.31 Å². The van der Waals surface area contributed by atoms with Crippen LogP contribution < -0.4 is 5.32 Å². The number of nitrogens with zero attached hydrogens (tertiary/aromatic N) is 1. The lowest BCUT2D eigenvalue weighted by Gasteiger charge is -2.21. The summed E-state index contributed by atoms with van der Waals surface area (Å²) in [5, 5.41) is 3.05. The molecule has 0 amide bonds. The van der Waals surface area contributed by atoms with E-state index in [1.54, 1.807) is 4.31 Å². The summed E-state index contributed by atoms with van der Waals surface area (Å²) < 4.78 is 25.6. The molecule has 4 nitrogen and oxygen atoms in total. The molecule has 1 fully saturated rings. The van der Waals surface area contributed by atoms with Crippen LogP contribution in [0.1, 0.15) is 33.1 Å². The second kappa shape index (κ2) is 5.82. The van der Waals surface area contributed by atoms with Gasteiger partial charge in [-0.1, -0.05) is 13.8 Å². The zero-order chi connectivity index (χ0) is 11.3. The van der Waals surface area contributed by atoms with Crippen LogP contribution >= 0.6 is 0 Å². The van der Waals surface area contributed by atoms with Crippen LogP contribution in [0.3, 0.4) is 0 Å². The fourth-order valence-corrected chi connectivity index (χ4v) is 3.39. The maximum absolute atomic E-state index is 12.0. The molecule has 5 heteroatoms. The highest BCUT2D eigenvalue weighted by molar-refractivity contribution is 7.89. The largest absolute Gasteiger partial charge is 0.316 e. The topological polar surface area (TPSA) is 49.4 Å². The minimum absolute atomic E-state index is 0.233. The van der Waals surface area contributed by atoms with Crippen molar-refractivity contribution in [3.05, 3.63) is 0 Å². The summed E-state index contributed by atoms with van der Waals surface area (Å²) in [6.07, 6.45) is 2.98. The van der Waals surface area contributed by atoms with Crippen LogP contribution in [0.2, 0.25) is 0 Å². The van der Waals surface area contributed by atoms with Gasteiger partial charge in [0.25, 0.3) is 0 Å². The molecule has 0 aromatic carbocycles. The van der Waals surface area contributed by atoms with Gasteiger partial charge in [0.1, 0.15) is 0 Å². The van der Waals surface area contributed by atoms with E-state index >= 15 is 0 Å². The third-order valence-corrected chi connectivity index (χ3v) is 4.46. The predicted molar refractivity (Wildman–Crippen MR) is 62.3 cm³/mol. The Morgan fingerprint density at radius 2 is 2.00 bits per heavy atom. The Kier molecular flexibility index (Phi) is 5.02. The summed E-state index contributed by atoms with van der Waals surface area (Å²) in [5.41, 5.74) is 0. The molecule has 0 spiro atoms. The fraction of sp³-hybridized carbons (Fsp3) is 1.00. The van der Waals surface area contributed by atoms with E-state index < -0.39 is 10.0 Å². The number of sulfonamides is 1. The summed E-state index contributed by atoms with van der Waals surface area (Å²) in [7, 11) is -3.02. The standard InChI is InChI=1S/C10H22N2O2S/c1-3-8-12(10-5-6-10)15(13,14)9-7-11-4-2/h10-11H,3-9H2,1-2H3. The van der Waals surface area contributed by atoms with Crippen LogP contribution in [-0.4, -0.2) is 44.2 Å². The number of nitrogens with one attached hydrogen (secondary N) is 1. The van der Waals surface area contributed by atoms with E-state index in [1.807, 2.05) is 13.8 Å². The Bertz CT molecular complexity index is 273. The van der Waals surface area contributed by atoms with Gasteiger partial charge in [-0.15, -0.1) is 0 Å². The summed E-state index contributed by atoms with van der Waals surface area (Å²) in [5.74, 6) is 0.233. The van der Waals surface area contributed by atoms with Crippen molar-refractivity contribution in [3.8, 4) is 0 Å². The third kappa shape index (κ3) is 4.09. The summed E-state index contributed by atoms with van der Waals surface area (Å²) in [6.45, 7) is 6.07. The van der Waals surface area contributed by atoms with Crippen molar-refractivity contribution in [1.29, 1.82) is 0 Å². The van der Waals surface area contributed by atoms with Gasteiger partial charge in [0.2, 0.25) is 10.0 Å². The molecule has 0 bridgehead atoms. The third-order valence-electron chi connectivity index (χ3n) is 2.54. The fourth-order valence-electron chi connectivity index (χ4n) is 1.63. The highest BCUT2D eigenvalue weighted by Crippen LogP contribution is 2.29. The molecule has 0 aromatic heterocycles. The second-order valence-electron chi connectivity index (χ2n) is 4.01. The van der Waals surface area contributed by atoms with Gasteiger partial charge in [0, 0.05) is 19.1 Å². The molecule has 0 heterocycles. The van der Waals surface area contributed by atoms with E-state index in [2.05, 4.69) is 5.32 Å². The molecule has 15 heavy (non-hydrogen) atoms. The number of hydrogen-bond donors (Lipinski definition) is 1. The number of hydrogen-bond acceptors (Lipinski definition) is 3.